The molecule has 0 bridgehead atoms. The van der Waals surface area contributed by atoms with E-state index >= 15 is 0 Å². The zero-order chi connectivity index (χ0) is 18.8. The molecule has 27 heavy (non-hydrogen) atoms. The van der Waals surface area contributed by atoms with E-state index in [1.165, 1.54) is 29.5 Å². The fourth-order valence-electron chi connectivity index (χ4n) is 2.62. The Morgan fingerprint density at radius 2 is 1.96 bits per heavy atom. The lowest BCUT2D eigenvalue weighted by Gasteiger charge is -2.22. The number of carbonyl (C=O) groups is 1. The maximum absolute atomic E-state index is 13.6. The number of likely N-dealkylation sites (N-methyl/N-ethyl adjacent to an activating group) is 1. The summed E-state index contributed by atoms with van der Waals surface area (Å²) in [4.78, 5) is 21.3. The van der Waals surface area contributed by atoms with Crippen LogP contribution in [0, 0.1) is 12.7 Å². The van der Waals surface area contributed by atoms with E-state index in [0.29, 0.717) is 28.8 Å². The van der Waals surface area contributed by atoms with Crippen molar-refractivity contribution in [2.75, 3.05) is 32.1 Å². The van der Waals surface area contributed by atoms with Crippen LogP contribution in [0.2, 0.25) is 5.02 Å². The average molecular weight is 428 g/mol. The first-order valence-electron chi connectivity index (χ1n) is 8.14. The molecule has 3 aromatic rings. The molecule has 2 aromatic carbocycles. The van der Waals surface area contributed by atoms with Crippen LogP contribution in [-0.2, 0) is 0 Å². The highest BCUT2D eigenvalue weighted by Crippen LogP contribution is 2.33. The molecule has 0 fully saturated rings. The lowest BCUT2D eigenvalue weighted by atomic mass is 10.2. The van der Waals surface area contributed by atoms with E-state index in [0.717, 1.165) is 15.8 Å². The third-order valence-corrected chi connectivity index (χ3v) is 5.20. The van der Waals surface area contributed by atoms with Crippen molar-refractivity contribution in [3.63, 3.8) is 0 Å². The molecule has 0 N–H and O–H groups in total. The van der Waals surface area contributed by atoms with Crippen LogP contribution in [0.5, 0.6) is 0 Å². The van der Waals surface area contributed by atoms with Crippen LogP contribution >= 0.6 is 35.3 Å². The maximum Gasteiger partial charge on any atom is 0.260 e. The molecule has 0 saturated heterocycles. The quantitative estimate of drug-likeness (QED) is 0.572. The van der Waals surface area contributed by atoms with Gasteiger partial charge in [-0.2, -0.15) is 0 Å². The molecule has 8 heteroatoms. The molecule has 3 rings (SSSR count). The third kappa shape index (κ3) is 4.96. The molecule has 144 valence electrons. The van der Waals surface area contributed by atoms with Crippen molar-refractivity contribution in [1.82, 2.24) is 9.88 Å². The molecule has 0 spiro atoms. The van der Waals surface area contributed by atoms with Crippen LogP contribution in [0.1, 0.15) is 15.9 Å². The van der Waals surface area contributed by atoms with E-state index in [1.54, 1.807) is 11.0 Å². The Bertz CT molecular complexity index is 961. The summed E-state index contributed by atoms with van der Waals surface area (Å²) in [5, 5.41) is 1.22. The number of anilines is 1. The summed E-state index contributed by atoms with van der Waals surface area (Å²) in [5.41, 5.74) is 2.09. The number of benzene rings is 2. The standard InChI is InChI=1S/C19H19ClFN3OS.ClH/c1-12-9-14(20)11-16-17(12)22-19(26-16)24(8-7-23(2)3)18(25)13-5-4-6-15(21)10-13;/h4-6,9-11H,7-8H2,1-3H3;1H. The lowest BCUT2D eigenvalue weighted by Crippen LogP contribution is -2.36. The Labute approximate surface area is 173 Å². The monoisotopic (exact) mass is 427 g/mol. The predicted octanol–water partition coefficient (Wildman–Crippen LogP) is 5.03. The number of nitrogens with zero attached hydrogens (tertiary/aromatic N) is 3. The summed E-state index contributed by atoms with van der Waals surface area (Å²) >= 11 is 7.55. The number of carbonyl (C=O) groups excluding carboxylic acids is 1. The van der Waals surface area contributed by atoms with E-state index < -0.39 is 5.82 Å². The molecule has 0 saturated carbocycles. The maximum atomic E-state index is 13.6. The molecule has 1 aromatic heterocycles. The third-order valence-electron chi connectivity index (χ3n) is 3.96. The van der Waals surface area contributed by atoms with Crippen molar-refractivity contribution >= 4 is 56.6 Å². The Hall–Kier alpha value is -1.73. The summed E-state index contributed by atoms with van der Waals surface area (Å²) in [6.07, 6.45) is 0. The zero-order valence-corrected chi connectivity index (χ0v) is 17.6. The van der Waals surface area contributed by atoms with E-state index in [1.807, 2.05) is 38.1 Å². The van der Waals surface area contributed by atoms with Gasteiger partial charge in [-0.15, -0.1) is 12.4 Å². The Balaban J connectivity index is 0.00000261. The van der Waals surface area contributed by atoms with Crippen molar-refractivity contribution in [3.05, 3.63) is 58.4 Å². The lowest BCUT2D eigenvalue weighted by molar-refractivity contribution is 0.0984. The first-order chi connectivity index (χ1) is 12.3. The van der Waals surface area contributed by atoms with Crippen molar-refractivity contribution in [2.24, 2.45) is 0 Å². The molecule has 1 heterocycles. The van der Waals surface area contributed by atoms with Crippen molar-refractivity contribution in [2.45, 2.75) is 6.92 Å². The van der Waals surface area contributed by atoms with Gasteiger partial charge in [0.05, 0.1) is 10.2 Å². The number of fused-ring (bicyclic) bond motifs is 1. The second-order valence-electron chi connectivity index (χ2n) is 6.34. The summed E-state index contributed by atoms with van der Waals surface area (Å²) in [5.74, 6) is -0.704. The minimum atomic E-state index is -0.435. The number of halogens is 3. The Morgan fingerprint density at radius 1 is 1.22 bits per heavy atom. The summed E-state index contributed by atoms with van der Waals surface area (Å²) in [6, 6.07) is 9.43. The van der Waals surface area contributed by atoms with Gasteiger partial charge >= 0.3 is 0 Å². The fourth-order valence-corrected chi connectivity index (χ4v) is 4.06. The van der Waals surface area contributed by atoms with E-state index in [4.69, 9.17) is 11.6 Å². The van der Waals surface area contributed by atoms with Gasteiger partial charge in [-0.1, -0.05) is 29.0 Å². The number of aryl methyl sites for hydroxylation is 1. The normalized spacial score (nSPS) is 10.9. The van der Waals surface area contributed by atoms with Crippen LogP contribution in [0.4, 0.5) is 9.52 Å². The minimum absolute atomic E-state index is 0. The average Bonchev–Trinajstić information content (AvgIpc) is 2.98. The first kappa shape index (κ1) is 21.6. The van der Waals surface area contributed by atoms with E-state index in [-0.39, 0.29) is 18.3 Å². The molecule has 0 atom stereocenters. The molecule has 1 amide bonds. The van der Waals surface area contributed by atoms with Crippen LogP contribution < -0.4 is 4.90 Å². The molecule has 0 unspecified atom stereocenters. The number of aromatic nitrogens is 1. The smallest absolute Gasteiger partial charge is 0.260 e. The highest BCUT2D eigenvalue weighted by Gasteiger charge is 2.22. The van der Waals surface area contributed by atoms with Gasteiger partial charge in [0.1, 0.15) is 5.82 Å². The zero-order valence-electron chi connectivity index (χ0n) is 15.2. The van der Waals surface area contributed by atoms with Gasteiger partial charge in [0.15, 0.2) is 5.13 Å². The van der Waals surface area contributed by atoms with Crippen LogP contribution in [0.15, 0.2) is 36.4 Å². The van der Waals surface area contributed by atoms with Gasteiger partial charge in [0.25, 0.3) is 5.91 Å². The molecular formula is C19H20Cl2FN3OS. The van der Waals surface area contributed by atoms with E-state index in [9.17, 15) is 9.18 Å². The molecule has 0 aliphatic carbocycles. The van der Waals surface area contributed by atoms with Crippen LogP contribution in [0.25, 0.3) is 10.2 Å². The van der Waals surface area contributed by atoms with Crippen LogP contribution in [0.3, 0.4) is 0 Å². The number of thiazole rings is 1. The second-order valence-corrected chi connectivity index (χ2v) is 7.78. The van der Waals surface area contributed by atoms with Crippen molar-refractivity contribution in [1.29, 1.82) is 0 Å². The summed E-state index contributed by atoms with van der Waals surface area (Å²) < 4.78 is 14.5. The molecule has 4 nitrogen and oxygen atoms in total. The number of rotatable bonds is 5. The van der Waals surface area contributed by atoms with Crippen molar-refractivity contribution in [3.8, 4) is 0 Å². The van der Waals surface area contributed by atoms with E-state index in [2.05, 4.69) is 4.98 Å². The summed E-state index contributed by atoms with van der Waals surface area (Å²) in [6.45, 7) is 3.06. The van der Waals surface area contributed by atoms with Gasteiger partial charge in [-0.3, -0.25) is 9.69 Å². The largest absolute Gasteiger partial charge is 0.308 e. The minimum Gasteiger partial charge on any atom is -0.308 e. The van der Waals surface area contributed by atoms with Gasteiger partial charge in [0.2, 0.25) is 0 Å². The fraction of sp³-hybridized carbons (Fsp3) is 0.263. The molecule has 0 radical (unpaired) electrons. The number of hydrogen-bond donors (Lipinski definition) is 0. The molecular weight excluding hydrogens is 408 g/mol. The highest BCUT2D eigenvalue weighted by atomic mass is 35.5. The Morgan fingerprint density at radius 3 is 2.63 bits per heavy atom. The SMILES string of the molecule is Cc1cc(Cl)cc2sc(N(CCN(C)C)C(=O)c3cccc(F)c3)nc12.Cl. The second kappa shape index (κ2) is 8.97. The molecule has 0 aliphatic heterocycles. The highest BCUT2D eigenvalue weighted by molar-refractivity contribution is 7.22. The van der Waals surface area contributed by atoms with Gasteiger partial charge in [0, 0.05) is 23.7 Å². The topological polar surface area (TPSA) is 36.4 Å². The summed E-state index contributed by atoms with van der Waals surface area (Å²) in [7, 11) is 3.88. The van der Waals surface area contributed by atoms with Crippen LogP contribution in [-0.4, -0.2) is 43.0 Å². The van der Waals surface area contributed by atoms with Gasteiger partial charge < -0.3 is 4.90 Å². The molecule has 0 aliphatic rings. The Kier molecular flexibility index (Phi) is 7.17. The van der Waals surface area contributed by atoms with Gasteiger partial charge in [-0.25, -0.2) is 9.37 Å². The van der Waals surface area contributed by atoms with Crippen molar-refractivity contribution < 1.29 is 9.18 Å². The first-order valence-corrected chi connectivity index (χ1v) is 9.33. The number of hydrogen-bond acceptors (Lipinski definition) is 4. The van der Waals surface area contributed by atoms with Gasteiger partial charge in [-0.05, 0) is 56.9 Å². The number of amides is 1. The predicted molar refractivity (Wildman–Crippen MR) is 113 cm³/mol.